The van der Waals surface area contributed by atoms with Crippen LogP contribution in [-0.2, 0) is 0 Å². The fraction of sp³-hybridized carbons (Fsp3) is 0.438. The van der Waals surface area contributed by atoms with E-state index in [4.69, 9.17) is 9.47 Å². The Morgan fingerprint density at radius 2 is 2.09 bits per heavy atom. The summed E-state index contributed by atoms with van der Waals surface area (Å²) in [5.74, 6) is 3.08. The van der Waals surface area contributed by atoms with Gasteiger partial charge in [0.15, 0.2) is 17.3 Å². The van der Waals surface area contributed by atoms with Crippen molar-refractivity contribution >= 4 is 18.0 Å². The van der Waals surface area contributed by atoms with Gasteiger partial charge in [-0.05, 0) is 50.3 Å². The van der Waals surface area contributed by atoms with Crippen LogP contribution in [0.1, 0.15) is 32.2 Å². The maximum atomic E-state index is 5.71. The summed E-state index contributed by atoms with van der Waals surface area (Å²) in [6, 6.07) is 5.73. The third-order valence-electron chi connectivity index (χ3n) is 2.91. The molecule has 0 spiro atoms. The summed E-state index contributed by atoms with van der Waals surface area (Å²) in [7, 11) is 1.63. The Morgan fingerprint density at radius 3 is 2.74 bits per heavy atom. The number of benzene rings is 1. The van der Waals surface area contributed by atoms with Crippen molar-refractivity contribution < 1.29 is 9.47 Å². The molecule has 0 amide bonds. The third-order valence-corrected chi connectivity index (χ3v) is 3.72. The minimum absolute atomic E-state index is 0.0942. The number of rotatable bonds is 7. The Kier molecular flexibility index (Phi) is 6.04. The normalized spacial score (nSPS) is 11.4. The smallest absolute Gasteiger partial charge is 0.212 e. The number of nitrogens with zero attached hydrogens (tertiary/aromatic N) is 4. The van der Waals surface area contributed by atoms with Crippen LogP contribution in [0.2, 0.25) is 0 Å². The predicted octanol–water partition coefficient (Wildman–Crippen LogP) is 3.38. The van der Waals surface area contributed by atoms with Crippen LogP contribution in [0.5, 0.6) is 11.5 Å². The number of thioether (sulfide) groups is 1. The number of aryl methyl sites for hydroxylation is 1. The van der Waals surface area contributed by atoms with E-state index in [2.05, 4.69) is 22.2 Å². The average Bonchev–Trinajstić information content (AvgIpc) is 2.86. The Bertz CT molecular complexity index is 683. The molecule has 0 bridgehead atoms. The van der Waals surface area contributed by atoms with Gasteiger partial charge >= 0.3 is 0 Å². The van der Waals surface area contributed by atoms with Crippen molar-refractivity contribution in [3.63, 3.8) is 0 Å². The molecule has 2 aromatic rings. The van der Waals surface area contributed by atoms with E-state index in [0.29, 0.717) is 5.75 Å². The fourth-order valence-electron chi connectivity index (χ4n) is 1.93. The van der Waals surface area contributed by atoms with Gasteiger partial charge < -0.3 is 9.47 Å². The van der Waals surface area contributed by atoms with Gasteiger partial charge in [0, 0.05) is 0 Å². The summed E-state index contributed by atoms with van der Waals surface area (Å²) < 4.78 is 12.8. The van der Waals surface area contributed by atoms with E-state index in [9.17, 15) is 0 Å². The third kappa shape index (κ3) is 4.48. The molecular weight excluding hydrogens is 312 g/mol. The zero-order valence-electron chi connectivity index (χ0n) is 14.1. The summed E-state index contributed by atoms with van der Waals surface area (Å²) in [6.07, 6.45) is 1.86. The molecule has 0 saturated carbocycles. The summed E-state index contributed by atoms with van der Waals surface area (Å²) in [5.41, 5.74) is 0.915. The van der Waals surface area contributed by atoms with Crippen molar-refractivity contribution in [3.05, 3.63) is 29.6 Å². The van der Waals surface area contributed by atoms with Crippen molar-refractivity contribution in [2.24, 2.45) is 5.10 Å². The van der Waals surface area contributed by atoms with Gasteiger partial charge in [-0.15, -0.1) is 10.2 Å². The summed E-state index contributed by atoms with van der Waals surface area (Å²) in [5, 5.41) is 13.4. The van der Waals surface area contributed by atoms with Crippen LogP contribution in [0.25, 0.3) is 0 Å². The van der Waals surface area contributed by atoms with Crippen molar-refractivity contribution in [2.75, 3.05) is 12.9 Å². The molecule has 23 heavy (non-hydrogen) atoms. The number of hydrogen-bond acceptors (Lipinski definition) is 6. The molecule has 7 heteroatoms. The van der Waals surface area contributed by atoms with E-state index in [1.165, 1.54) is 0 Å². The first-order valence-corrected chi connectivity index (χ1v) is 8.47. The number of aromatic nitrogens is 3. The molecule has 1 aromatic heterocycles. The maximum Gasteiger partial charge on any atom is 0.212 e. The molecule has 1 heterocycles. The van der Waals surface area contributed by atoms with Crippen LogP contribution in [0, 0.1) is 6.92 Å². The highest BCUT2D eigenvalue weighted by molar-refractivity contribution is 7.99. The molecule has 0 aliphatic rings. The molecule has 0 aliphatic heterocycles. The van der Waals surface area contributed by atoms with Crippen LogP contribution in [0.3, 0.4) is 0 Å². The highest BCUT2D eigenvalue weighted by Crippen LogP contribution is 2.28. The second-order valence-corrected chi connectivity index (χ2v) is 6.33. The van der Waals surface area contributed by atoms with Crippen LogP contribution < -0.4 is 9.47 Å². The summed E-state index contributed by atoms with van der Waals surface area (Å²) >= 11 is 1.61. The van der Waals surface area contributed by atoms with Crippen molar-refractivity contribution in [2.45, 2.75) is 39.0 Å². The SMILES string of the molecule is CCSc1nnc(C)n1/N=C/c1ccc(OC(C)C)c(OC)c1. The second kappa shape index (κ2) is 8.01. The molecule has 6 nitrogen and oxygen atoms in total. The van der Waals surface area contributed by atoms with Gasteiger partial charge in [-0.1, -0.05) is 18.7 Å². The zero-order valence-corrected chi connectivity index (χ0v) is 14.9. The largest absolute Gasteiger partial charge is 0.493 e. The quantitative estimate of drug-likeness (QED) is 0.574. The van der Waals surface area contributed by atoms with Gasteiger partial charge in [-0.2, -0.15) is 9.78 Å². The molecular formula is C16H22N4O2S. The van der Waals surface area contributed by atoms with E-state index in [0.717, 1.165) is 28.0 Å². The molecule has 0 fully saturated rings. The Labute approximate surface area is 140 Å². The van der Waals surface area contributed by atoms with Crippen LogP contribution in [-0.4, -0.2) is 40.1 Å². The lowest BCUT2D eigenvalue weighted by atomic mass is 10.2. The Morgan fingerprint density at radius 1 is 1.30 bits per heavy atom. The van der Waals surface area contributed by atoms with Gasteiger partial charge in [-0.25, -0.2) is 0 Å². The first-order chi connectivity index (χ1) is 11.0. The van der Waals surface area contributed by atoms with Crippen molar-refractivity contribution in [1.82, 2.24) is 14.9 Å². The van der Waals surface area contributed by atoms with Gasteiger partial charge in [0.2, 0.25) is 5.16 Å². The lowest BCUT2D eigenvalue weighted by Gasteiger charge is -2.13. The highest BCUT2D eigenvalue weighted by Gasteiger charge is 2.09. The van der Waals surface area contributed by atoms with E-state index in [1.54, 1.807) is 29.8 Å². The molecule has 0 saturated heterocycles. The monoisotopic (exact) mass is 334 g/mol. The average molecular weight is 334 g/mol. The van der Waals surface area contributed by atoms with E-state index in [-0.39, 0.29) is 6.10 Å². The minimum atomic E-state index is 0.0942. The molecule has 0 aliphatic carbocycles. The maximum absolute atomic E-state index is 5.71. The topological polar surface area (TPSA) is 61.5 Å². The lowest BCUT2D eigenvalue weighted by Crippen LogP contribution is -2.06. The van der Waals surface area contributed by atoms with E-state index < -0.39 is 0 Å². The number of ether oxygens (including phenoxy) is 2. The molecule has 0 unspecified atom stereocenters. The van der Waals surface area contributed by atoms with Gasteiger partial charge in [0.05, 0.1) is 19.4 Å². The first-order valence-electron chi connectivity index (χ1n) is 7.49. The highest BCUT2D eigenvalue weighted by atomic mass is 32.2. The van der Waals surface area contributed by atoms with Crippen LogP contribution in [0.4, 0.5) is 0 Å². The summed E-state index contributed by atoms with van der Waals surface area (Å²) in [4.78, 5) is 0. The lowest BCUT2D eigenvalue weighted by molar-refractivity contribution is 0.230. The van der Waals surface area contributed by atoms with Gasteiger partial charge in [0.25, 0.3) is 0 Å². The fourth-order valence-corrected chi connectivity index (χ4v) is 2.59. The van der Waals surface area contributed by atoms with Crippen LogP contribution >= 0.6 is 11.8 Å². The second-order valence-electron chi connectivity index (χ2n) is 5.10. The minimum Gasteiger partial charge on any atom is -0.493 e. The van der Waals surface area contributed by atoms with E-state index in [1.807, 2.05) is 39.0 Å². The molecule has 2 rings (SSSR count). The molecule has 0 atom stereocenters. The molecule has 0 N–H and O–H groups in total. The Balaban J connectivity index is 2.24. The van der Waals surface area contributed by atoms with E-state index >= 15 is 0 Å². The van der Waals surface area contributed by atoms with Crippen molar-refractivity contribution in [3.8, 4) is 11.5 Å². The first kappa shape index (κ1) is 17.3. The van der Waals surface area contributed by atoms with Crippen molar-refractivity contribution in [1.29, 1.82) is 0 Å². The molecule has 124 valence electrons. The van der Waals surface area contributed by atoms with Gasteiger partial charge in [0.1, 0.15) is 0 Å². The Hall–Kier alpha value is -2.02. The van der Waals surface area contributed by atoms with Crippen LogP contribution in [0.15, 0.2) is 28.5 Å². The predicted molar refractivity (Wildman–Crippen MR) is 92.9 cm³/mol. The zero-order chi connectivity index (χ0) is 16.8. The number of hydrogen-bond donors (Lipinski definition) is 0. The standard InChI is InChI=1S/C16H22N4O2S/c1-6-23-16-19-18-12(4)20(16)17-10-13-7-8-14(22-11(2)3)15(9-13)21-5/h7-11H,6H2,1-5H3/b17-10+. The van der Waals surface area contributed by atoms with Gasteiger partial charge in [-0.3, -0.25) is 0 Å². The summed E-state index contributed by atoms with van der Waals surface area (Å²) in [6.45, 7) is 7.92. The number of methoxy groups -OCH3 is 1. The molecule has 0 radical (unpaired) electrons. The molecule has 1 aromatic carbocycles.